The number of hydrogen-bond donors (Lipinski definition) is 0. The van der Waals surface area contributed by atoms with E-state index in [0.29, 0.717) is 17.1 Å². The number of benzene rings is 1. The normalized spacial score (nSPS) is 22.0. The van der Waals surface area contributed by atoms with Crippen LogP contribution in [0.1, 0.15) is 18.4 Å². The predicted molar refractivity (Wildman–Crippen MR) is 62.4 cm³/mol. The molecule has 0 spiro atoms. The van der Waals surface area contributed by atoms with Gasteiger partial charge in [-0.2, -0.15) is 0 Å². The monoisotopic (exact) mass is 251 g/mol. The molecule has 0 unspecified atom stereocenters. The van der Waals surface area contributed by atoms with Gasteiger partial charge in [-0.25, -0.2) is 0 Å². The predicted octanol–water partition coefficient (Wildman–Crippen LogP) is 1.61. The molecular formula is C12H13NO5. The molecule has 0 amide bonds. The summed E-state index contributed by atoms with van der Waals surface area (Å²) in [6.45, 7) is 1.36. The third-order valence-corrected chi connectivity index (χ3v) is 3.15. The quantitative estimate of drug-likeness (QED) is 0.353. The number of fused-ring (bicyclic) bond motifs is 1. The Bertz CT molecular complexity index is 499. The molecule has 0 saturated heterocycles. The number of esters is 1. The Morgan fingerprint density at radius 3 is 2.83 bits per heavy atom. The Labute approximate surface area is 104 Å². The van der Waals surface area contributed by atoms with Crippen molar-refractivity contribution < 1.29 is 19.2 Å². The minimum absolute atomic E-state index is 0.282. The highest BCUT2D eigenvalue weighted by molar-refractivity contribution is 5.79. The van der Waals surface area contributed by atoms with E-state index in [9.17, 15) is 14.9 Å². The molecule has 2 atom stereocenters. The molecule has 1 aliphatic heterocycles. The highest BCUT2D eigenvalue weighted by atomic mass is 16.6. The maximum Gasteiger partial charge on any atom is 0.314 e. The van der Waals surface area contributed by atoms with Crippen LogP contribution < -0.4 is 9.47 Å². The lowest BCUT2D eigenvalue weighted by Gasteiger charge is -2.27. The average molecular weight is 251 g/mol. The minimum Gasteiger partial charge on any atom is -0.497 e. The lowest BCUT2D eigenvalue weighted by molar-refractivity contribution is -0.484. The van der Waals surface area contributed by atoms with Crippen LogP contribution in [-0.2, 0) is 4.79 Å². The zero-order valence-electron chi connectivity index (χ0n) is 10.1. The van der Waals surface area contributed by atoms with Crippen LogP contribution in [0.2, 0.25) is 0 Å². The standard InChI is InChI=1S/C12H13NO5/c1-7-10(6-13(15)16)9-4-3-8(17-2)5-11(9)18-12(7)14/h3-5,7,10H,6H2,1-2H3/t7-,10+/m0/s1. The molecule has 0 saturated carbocycles. The van der Waals surface area contributed by atoms with Gasteiger partial charge in [-0.15, -0.1) is 0 Å². The lowest BCUT2D eigenvalue weighted by atomic mass is 9.84. The van der Waals surface area contributed by atoms with Crippen LogP contribution in [0.3, 0.4) is 0 Å². The first kappa shape index (κ1) is 12.3. The minimum atomic E-state index is -0.517. The van der Waals surface area contributed by atoms with Crippen molar-refractivity contribution in [3.8, 4) is 11.5 Å². The number of nitrogens with zero attached hydrogens (tertiary/aromatic N) is 1. The first-order valence-corrected chi connectivity index (χ1v) is 5.54. The van der Waals surface area contributed by atoms with Crippen molar-refractivity contribution in [1.82, 2.24) is 0 Å². The molecule has 6 nitrogen and oxygen atoms in total. The average Bonchev–Trinajstić information content (AvgIpc) is 2.33. The maximum atomic E-state index is 11.7. The number of carbonyl (C=O) groups is 1. The number of ether oxygens (including phenoxy) is 2. The molecule has 0 bridgehead atoms. The molecule has 96 valence electrons. The van der Waals surface area contributed by atoms with E-state index in [1.807, 2.05) is 0 Å². The van der Waals surface area contributed by atoms with Gasteiger partial charge < -0.3 is 9.47 Å². The number of rotatable bonds is 3. The Kier molecular flexibility index (Phi) is 3.18. The van der Waals surface area contributed by atoms with Gasteiger partial charge in [0.15, 0.2) is 0 Å². The fourth-order valence-electron chi connectivity index (χ4n) is 2.09. The molecule has 0 fully saturated rings. The molecule has 0 radical (unpaired) electrons. The molecule has 1 aromatic rings. The summed E-state index contributed by atoms with van der Waals surface area (Å²) in [6, 6.07) is 5.00. The molecule has 18 heavy (non-hydrogen) atoms. The second kappa shape index (κ2) is 4.64. The molecule has 0 aliphatic carbocycles. The van der Waals surface area contributed by atoms with Gasteiger partial charge >= 0.3 is 5.97 Å². The van der Waals surface area contributed by atoms with E-state index < -0.39 is 22.7 Å². The van der Waals surface area contributed by atoms with Crippen molar-refractivity contribution in [2.45, 2.75) is 12.8 Å². The molecule has 1 aliphatic rings. The fourth-order valence-corrected chi connectivity index (χ4v) is 2.09. The third kappa shape index (κ3) is 2.13. The third-order valence-electron chi connectivity index (χ3n) is 3.15. The largest absolute Gasteiger partial charge is 0.497 e. The van der Waals surface area contributed by atoms with Gasteiger partial charge in [0.25, 0.3) is 0 Å². The first-order chi connectivity index (χ1) is 8.52. The topological polar surface area (TPSA) is 78.7 Å². The van der Waals surface area contributed by atoms with E-state index in [4.69, 9.17) is 9.47 Å². The summed E-state index contributed by atoms with van der Waals surface area (Å²) in [5, 5.41) is 10.7. The molecule has 1 heterocycles. The molecule has 2 rings (SSSR count). The van der Waals surface area contributed by atoms with E-state index in [-0.39, 0.29) is 6.54 Å². The van der Waals surface area contributed by atoms with E-state index in [2.05, 4.69) is 0 Å². The Morgan fingerprint density at radius 2 is 2.22 bits per heavy atom. The van der Waals surface area contributed by atoms with Crippen LogP contribution in [0.4, 0.5) is 0 Å². The van der Waals surface area contributed by atoms with Gasteiger partial charge in [0.1, 0.15) is 11.5 Å². The van der Waals surface area contributed by atoms with Gasteiger partial charge in [0, 0.05) is 16.6 Å². The fraction of sp³-hybridized carbons (Fsp3) is 0.417. The second-order valence-electron chi connectivity index (χ2n) is 4.24. The van der Waals surface area contributed by atoms with Gasteiger partial charge in [-0.1, -0.05) is 13.0 Å². The molecule has 0 N–H and O–H groups in total. The zero-order chi connectivity index (χ0) is 13.3. The molecule has 6 heteroatoms. The molecule has 1 aromatic carbocycles. The van der Waals surface area contributed by atoms with Crippen LogP contribution in [0.5, 0.6) is 11.5 Å². The van der Waals surface area contributed by atoms with Crippen LogP contribution in [0.15, 0.2) is 18.2 Å². The Hall–Kier alpha value is -2.11. The lowest BCUT2D eigenvalue weighted by Crippen LogP contribution is -2.33. The zero-order valence-corrected chi connectivity index (χ0v) is 10.1. The summed E-state index contributed by atoms with van der Waals surface area (Å²) in [5.74, 6) is -0.513. The molecular weight excluding hydrogens is 238 g/mol. The number of nitro groups is 1. The summed E-state index contributed by atoms with van der Waals surface area (Å²) in [7, 11) is 1.50. The van der Waals surface area contributed by atoms with Crippen LogP contribution in [0, 0.1) is 16.0 Å². The van der Waals surface area contributed by atoms with Gasteiger partial charge in [-0.3, -0.25) is 14.9 Å². The van der Waals surface area contributed by atoms with Crippen molar-refractivity contribution in [2.75, 3.05) is 13.7 Å². The molecule has 0 aromatic heterocycles. The number of methoxy groups -OCH3 is 1. The van der Waals surface area contributed by atoms with E-state index >= 15 is 0 Å². The first-order valence-electron chi connectivity index (χ1n) is 5.54. The Morgan fingerprint density at radius 1 is 1.50 bits per heavy atom. The van der Waals surface area contributed by atoms with Crippen LogP contribution in [-0.4, -0.2) is 24.5 Å². The highest BCUT2D eigenvalue weighted by Crippen LogP contribution is 2.39. The Balaban J connectivity index is 2.43. The van der Waals surface area contributed by atoms with Crippen molar-refractivity contribution in [3.05, 3.63) is 33.9 Å². The highest BCUT2D eigenvalue weighted by Gasteiger charge is 2.37. The van der Waals surface area contributed by atoms with Crippen molar-refractivity contribution in [2.24, 2.45) is 5.92 Å². The number of hydrogen-bond acceptors (Lipinski definition) is 5. The summed E-state index contributed by atoms with van der Waals surface area (Å²) in [6.07, 6.45) is 0. The summed E-state index contributed by atoms with van der Waals surface area (Å²) in [5.41, 5.74) is 0.680. The van der Waals surface area contributed by atoms with E-state index in [1.54, 1.807) is 25.1 Å². The summed E-state index contributed by atoms with van der Waals surface area (Å²) in [4.78, 5) is 21.9. The van der Waals surface area contributed by atoms with Crippen molar-refractivity contribution >= 4 is 5.97 Å². The smallest absolute Gasteiger partial charge is 0.314 e. The van der Waals surface area contributed by atoms with Crippen molar-refractivity contribution in [1.29, 1.82) is 0 Å². The summed E-state index contributed by atoms with van der Waals surface area (Å²) >= 11 is 0. The van der Waals surface area contributed by atoms with E-state index in [0.717, 1.165) is 0 Å². The second-order valence-corrected chi connectivity index (χ2v) is 4.24. The van der Waals surface area contributed by atoms with Crippen molar-refractivity contribution in [3.63, 3.8) is 0 Å². The van der Waals surface area contributed by atoms with Gasteiger partial charge in [0.05, 0.1) is 18.9 Å². The van der Waals surface area contributed by atoms with Crippen LogP contribution in [0.25, 0.3) is 0 Å². The summed E-state index contributed by atoms with van der Waals surface area (Å²) < 4.78 is 10.2. The van der Waals surface area contributed by atoms with Crippen LogP contribution >= 0.6 is 0 Å². The maximum absolute atomic E-state index is 11.7. The van der Waals surface area contributed by atoms with Gasteiger partial charge in [-0.05, 0) is 6.07 Å². The number of carbonyl (C=O) groups excluding carboxylic acids is 1. The SMILES string of the molecule is COc1ccc2c(c1)OC(=O)[C@@H](C)[C@H]2C[N+](=O)[O-]. The van der Waals surface area contributed by atoms with Gasteiger partial charge in [0.2, 0.25) is 6.54 Å². The van der Waals surface area contributed by atoms with E-state index in [1.165, 1.54) is 7.11 Å².